The molecule has 0 aliphatic rings. The van der Waals surface area contributed by atoms with Crippen LogP contribution in [0.1, 0.15) is 90.2 Å². The first kappa shape index (κ1) is 38.1. The van der Waals surface area contributed by atoms with Gasteiger partial charge >= 0.3 is 0 Å². The fraction of sp³-hybridized carbons (Fsp3) is 0.636. The maximum atomic E-state index is 14.0. The van der Waals surface area contributed by atoms with Gasteiger partial charge in [0.05, 0.1) is 36.9 Å². The molecule has 2 unspecified atom stereocenters. The van der Waals surface area contributed by atoms with E-state index in [1.807, 2.05) is 6.07 Å². The van der Waals surface area contributed by atoms with Crippen LogP contribution in [0.15, 0.2) is 44.2 Å². The van der Waals surface area contributed by atoms with E-state index in [2.05, 4.69) is 37.9 Å². The predicted octanol–water partition coefficient (Wildman–Crippen LogP) is 6.58. The van der Waals surface area contributed by atoms with E-state index in [1.165, 1.54) is 19.1 Å². The summed E-state index contributed by atoms with van der Waals surface area (Å²) in [6, 6.07) is 8.00. The van der Waals surface area contributed by atoms with Gasteiger partial charge in [0.15, 0.2) is 5.69 Å². The number of sulfonamides is 1. The zero-order valence-electron chi connectivity index (χ0n) is 27.5. The molecule has 0 aliphatic carbocycles. The van der Waals surface area contributed by atoms with Crippen molar-refractivity contribution in [3.05, 3.63) is 45.7 Å². The molecule has 1 aromatic heterocycles. The highest BCUT2D eigenvalue weighted by Crippen LogP contribution is 2.33. The molecule has 45 heavy (non-hydrogen) atoms. The Balaban J connectivity index is 2.40. The van der Waals surface area contributed by atoms with Gasteiger partial charge in [-0.05, 0) is 55.9 Å². The predicted molar refractivity (Wildman–Crippen MR) is 176 cm³/mol. The lowest BCUT2D eigenvalue weighted by Crippen LogP contribution is -2.39. The van der Waals surface area contributed by atoms with Gasteiger partial charge in [-0.2, -0.15) is 14.7 Å². The molecule has 250 valence electrons. The fourth-order valence-corrected chi connectivity index (χ4v) is 6.80. The van der Waals surface area contributed by atoms with Crippen molar-refractivity contribution in [2.24, 2.45) is 22.1 Å². The monoisotopic (exact) mass is 645 g/mol. The van der Waals surface area contributed by atoms with E-state index in [-0.39, 0.29) is 59.9 Å². The van der Waals surface area contributed by atoms with Crippen molar-refractivity contribution >= 4 is 21.4 Å². The van der Waals surface area contributed by atoms with E-state index in [0.29, 0.717) is 18.8 Å². The molecule has 2 atom stereocenters. The van der Waals surface area contributed by atoms with Crippen LogP contribution in [0.2, 0.25) is 0 Å². The number of nitriles is 1. The van der Waals surface area contributed by atoms with Crippen molar-refractivity contribution in [2.75, 3.05) is 32.9 Å². The quantitative estimate of drug-likeness (QED) is 0.115. The minimum absolute atomic E-state index is 0.0285. The van der Waals surface area contributed by atoms with Gasteiger partial charge in [0.2, 0.25) is 15.9 Å². The Labute approximate surface area is 268 Å². The molecular weight excluding hydrogens is 594 g/mol. The van der Waals surface area contributed by atoms with Crippen molar-refractivity contribution in [3.63, 3.8) is 0 Å². The molecule has 0 aliphatic heterocycles. The van der Waals surface area contributed by atoms with Crippen LogP contribution < -0.4 is 5.56 Å². The molecule has 0 radical (unpaired) electrons. The van der Waals surface area contributed by atoms with Gasteiger partial charge in [0.1, 0.15) is 11.6 Å². The molecule has 1 heterocycles. The average molecular weight is 646 g/mol. The summed E-state index contributed by atoms with van der Waals surface area (Å²) in [6.45, 7) is 10.9. The minimum atomic E-state index is -3.77. The Morgan fingerprint density at radius 1 is 0.978 bits per heavy atom. The topological polar surface area (TPSA) is 158 Å². The zero-order valence-corrected chi connectivity index (χ0v) is 28.4. The van der Waals surface area contributed by atoms with Gasteiger partial charge in [-0.15, -0.1) is 5.11 Å². The lowest BCUT2D eigenvalue weighted by atomic mass is 9.97. The summed E-state index contributed by atoms with van der Waals surface area (Å²) in [6.07, 6.45) is 8.10. The number of azo groups is 1. The number of ether oxygens (including phenoxy) is 1. The molecule has 1 aromatic carbocycles. The van der Waals surface area contributed by atoms with Gasteiger partial charge in [-0.1, -0.05) is 66.2 Å². The van der Waals surface area contributed by atoms with Crippen LogP contribution in [0, 0.1) is 30.1 Å². The van der Waals surface area contributed by atoms with Crippen molar-refractivity contribution in [1.29, 1.82) is 5.26 Å². The highest BCUT2D eigenvalue weighted by molar-refractivity contribution is 7.89. The number of aliphatic hydroxyl groups excluding tert-OH is 1. The molecule has 0 fully saturated rings. The van der Waals surface area contributed by atoms with E-state index in [0.717, 1.165) is 55.9 Å². The number of hydrogen-bond acceptors (Lipinski definition) is 9. The normalized spacial score (nSPS) is 13.4. The molecule has 0 bridgehead atoms. The van der Waals surface area contributed by atoms with E-state index >= 15 is 0 Å². The zero-order chi connectivity index (χ0) is 33.4. The summed E-state index contributed by atoms with van der Waals surface area (Å²) >= 11 is 0. The second-order valence-electron chi connectivity index (χ2n) is 11.4. The second-order valence-corrected chi connectivity index (χ2v) is 13.4. The molecular formula is C33H51N5O6S. The summed E-state index contributed by atoms with van der Waals surface area (Å²) in [5.74, 6) is 0.107. The lowest BCUT2D eigenvalue weighted by Gasteiger charge is -2.30. The molecule has 0 amide bonds. The number of aromatic nitrogens is 1. The average Bonchev–Trinajstić information content (AvgIpc) is 3.04. The third-order valence-electron chi connectivity index (χ3n) is 8.21. The highest BCUT2D eigenvalue weighted by Gasteiger charge is 2.29. The highest BCUT2D eigenvalue weighted by atomic mass is 32.2. The van der Waals surface area contributed by atoms with Gasteiger partial charge in [-0.25, -0.2) is 8.42 Å². The summed E-state index contributed by atoms with van der Waals surface area (Å²) in [4.78, 5) is 12.9. The van der Waals surface area contributed by atoms with Crippen molar-refractivity contribution in [3.8, 4) is 11.9 Å². The summed E-state index contributed by atoms with van der Waals surface area (Å²) in [5.41, 5.74) is -0.400. The summed E-state index contributed by atoms with van der Waals surface area (Å²) in [5, 5.41) is 37.6. The third-order valence-corrected chi connectivity index (χ3v) is 10.1. The molecule has 12 heteroatoms. The first-order valence-electron chi connectivity index (χ1n) is 16.2. The maximum Gasteiger partial charge on any atom is 0.271 e. The number of aliphatic hydroxyl groups is 1. The van der Waals surface area contributed by atoms with E-state index in [4.69, 9.17) is 9.84 Å². The molecule has 0 saturated heterocycles. The SMILES string of the molecule is CCCCC(CC)CN(CC(CC)CCCC)S(=O)(=O)c1ccc(/N=N/c2c(C)c(C#N)c(=O)n(CCOCCO)c2O)cc1. The van der Waals surface area contributed by atoms with E-state index in [1.54, 1.807) is 16.4 Å². The Bertz CT molecular complexity index is 1420. The van der Waals surface area contributed by atoms with Crippen LogP contribution in [0.4, 0.5) is 11.4 Å². The molecule has 11 nitrogen and oxygen atoms in total. The van der Waals surface area contributed by atoms with Crippen LogP contribution in [0.5, 0.6) is 5.88 Å². The Hall–Kier alpha value is -3.11. The molecule has 2 rings (SSSR count). The van der Waals surface area contributed by atoms with Crippen molar-refractivity contribution in [2.45, 2.75) is 97.4 Å². The number of aromatic hydroxyl groups is 1. The Kier molecular flexibility index (Phi) is 16.4. The summed E-state index contributed by atoms with van der Waals surface area (Å²) < 4.78 is 35.8. The smallest absolute Gasteiger partial charge is 0.271 e. The van der Waals surface area contributed by atoms with Crippen molar-refractivity contribution < 1.29 is 23.4 Å². The lowest BCUT2D eigenvalue weighted by molar-refractivity contribution is 0.0854. The number of benzene rings is 1. The van der Waals surface area contributed by atoms with Gasteiger partial charge in [0, 0.05) is 18.7 Å². The number of rotatable bonds is 21. The first-order chi connectivity index (χ1) is 21.6. The molecule has 0 saturated carbocycles. The molecule has 2 N–H and O–H groups in total. The first-order valence-corrected chi connectivity index (χ1v) is 17.6. The number of unbranched alkanes of at least 4 members (excludes halogenated alkanes) is 2. The molecule has 2 aromatic rings. The molecule has 0 spiro atoms. The van der Waals surface area contributed by atoms with Crippen LogP contribution in [-0.4, -0.2) is 60.4 Å². The maximum absolute atomic E-state index is 14.0. The standard InChI is InChI=1S/C33H51N5O6S/c1-6-10-12-26(8-3)23-37(24-27(9-4)13-11-7-2)45(42,43)29-16-14-28(15-17-29)35-36-31-25(5)30(22-34)32(40)38(33(31)41)18-20-44-21-19-39/h14-17,26-27,39,41H,6-13,18-21,23-24H2,1-5H3/b36-35+. The second kappa shape index (κ2) is 19.4. The van der Waals surface area contributed by atoms with E-state index < -0.39 is 21.5 Å². The van der Waals surface area contributed by atoms with Crippen LogP contribution in [0.25, 0.3) is 0 Å². The number of pyridine rings is 1. The van der Waals surface area contributed by atoms with Gasteiger partial charge in [-0.3, -0.25) is 9.36 Å². The van der Waals surface area contributed by atoms with Crippen molar-refractivity contribution in [1.82, 2.24) is 8.87 Å². The van der Waals surface area contributed by atoms with E-state index in [9.17, 15) is 23.6 Å². The minimum Gasteiger partial charge on any atom is -0.493 e. The van der Waals surface area contributed by atoms with Crippen LogP contribution >= 0.6 is 0 Å². The van der Waals surface area contributed by atoms with Gasteiger partial charge < -0.3 is 14.9 Å². The Morgan fingerprint density at radius 2 is 1.56 bits per heavy atom. The largest absolute Gasteiger partial charge is 0.493 e. The number of hydrogen-bond donors (Lipinski definition) is 2. The summed E-state index contributed by atoms with van der Waals surface area (Å²) in [7, 11) is -3.77. The van der Waals surface area contributed by atoms with Crippen LogP contribution in [0.3, 0.4) is 0 Å². The van der Waals surface area contributed by atoms with Crippen LogP contribution in [-0.2, 0) is 21.3 Å². The third kappa shape index (κ3) is 10.7. The fourth-order valence-electron chi connectivity index (χ4n) is 5.21. The van der Waals surface area contributed by atoms with Gasteiger partial charge in [0.25, 0.3) is 5.56 Å². The number of nitrogens with zero attached hydrogens (tertiary/aromatic N) is 5. The Morgan fingerprint density at radius 3 is 2.04 bits per heavy atom.